The topological polar surface area (TPSA) is 37.7 Å². The van der Waals surface area contributed by atoms with Crippen molar-refractivity contribution in [3.8, 4) is 72.4 Å². The Kier molecular flexibility index (Phi) is 12.7. The lowest BCUT2D eigenvalue weighted by molar-refractivity contribution is 0.668. The molecule has 0 spiro atoms. The van der Waals surface area contributed by atoms with Crippen LogP contribution in [0, 0.1) is 0 Å². The monoisotopic (exact) mass is 1330 g/mol. The lowest BCUT2D eigenvalue weighted by atomic mass is 9.33. The van der Waals surface area contributed by atoms with Crippen LogP contribution in [0.1, 0.15) is 0 Å². The van der Waals surface area contributed by atoms with Gasteiger partial charge in [0.2, 0.25) is 0 Å². The first kappa shape index (κ1) is 57.7. The van der Waals surface area contributed by atoms with E-state index in [-0.39, 0.29) is 6.71 Å². The third-order valence-corrected chi connectivity index (χ3v) is 22.9. The van der Waals surface area contributed by atoms with Crippen LogP contribution in [0.4, 0.5) is 34.1 Å². The highest BCUT2D eigenvalue weighted by Gasteiger charge is 2.46. The third-order valence-electron chi connectivity index (χ3n) is 21.7. The first-order valence-corrected chi connectivity index (χ1v) is 36.1. The highest BCUT2D eigenvalue weighted by molar-refractivity contribution is 7.26. The summed E-state index contributed by atoms with van der Waals surface area (Å²) in [5.41, 5.74) is 30.8. The maximum atomic E-state index is 7.11. The number of nitrogens with zero attached hydrogens (tertiary/aromatic N) is 3. The number of furan rings is 2. The van der Waals surface area contributed by atoms with Gasteiger partial charge in [-0.3, -0.25) is 0 Å². The molecule has 2 aliphatic heterocycles. The molecule has 103 heavy (non-hydrogen) atoms. The lowest BCUT2D eigenvalue weighted by Crippen LogP contribution is -2.61. The van der Waals surface area contributed by atoms with Crippen LogP contribution in [0.25, 0.3) is 158 Å². The van der Waals surface area contributed by atoms with Crippen LogP contribution in [-0.4, -0.2) is 11.3 Å². The summed E-state index contributed by atoms with van der Waals surface area (Å²) in [4.78, 5) is 5.21. The molecule has 0 aliphatic carbocycles. The van der Waals surface area contributed by atoms with E-state index < -0.39 is 0 Å². The van der Waals surface area contributed by atoms with Gasteiger partial charge in [0.15, 0.2) is 0 Å². The molecule has 0 amide bonds. The molecule has 0 atom stereocenters. The van der Waals surface area contributed by atoms with Crippen LogP contribution >= 0.6 is 11.3 Å². The van der Waals surface area contributed by atoms with Crippen molar-refractivity contribution in [2.45, 2.75) is 0 Å². The Labute approximate surface area is 597 Å². The van der Waals surface area contributed by atoms with E-state index in [0.717, 1.165) is 128 Å². The van der Waals surface area contributed by atoms with E-state index >= 15 is 0 Å². The highest BCUT2D eigenvalue weighted by Crippen LogP contribution is 2.55. The van der Waals surface area contributed by atoms with E-state index in [1.165, 1.54) is 80.6 Å². The number of para-hydroxylation sites is 3. The summed E-state index contributed by atoms with van der Waals surface area (Å²) < 4.78 is 19.1. The summed E-state index contributed by atoms with van der Waals surface area (Å²) in [5.74, 6) is 0. The van der Waals surface area contributed by atoms with Gasteiger partial charge in [0.1, 0.15) is 22.3 Å². The van der Waals surface area contributed by atoms with Gasteiger partial charge >= 0.3 is 0 Å². The van der Waals surface area contributed by atoms with Crippen molar-refractivity contribution in [2.75, 3.05) is 9.80 Å². The van der Waals surface area contributed by atoms with E-state index in [4.69, 9.17) is 8.83 Å². The predicted molar refractivity (Wildman–Crippen MR) is 435 cm³/mol. The average molecular weight is 1330 g/mol. The molecule has 0 saturated carbocycles. The fraction of sp³-hybridized carbons (Fsp3) is 0. The molecule has 2 aliphatic rings. The molecule has 0 unspecified atom stereocenters. The van der Waals surface area contributed by atoms with Crippen LogP contribution in [0.2, 0.25) is 0 Å². The molecular weight excluding hydrogens is 1270 g/mol. The summed E-state index contributed by atoms with van der Waals surface area (Å²) in [7, 11) is 0. The van der Waals surface area contributed by atoms with Gasteiger partial charge in [-0.2, -0.15) is 0 Å². The number of rotatable bonds is 9. The van der Waals surface area contributed by atoms with Crippen LogP contribution in [0.3, 0.4) is 0 Å². The molecule has 0 saturated heterocycles. The van der Waals surface area contributed by atoms with Crippen molar-refractivity contribution in [1.82, 2.24) is 4.57 Å². The number of thiophene rings is 1. The first-order valence-electron chi connectivity index (χ1n) is 35.3. The molecule has 16 aromatic carbocycles. The first-order chi connectivity index (χ1) is 51.1. The molecule has 0 radical (unpaired) electrons. The van der Waals surface area contributed by atoms with E-state index in [0.29, 0.717) is 0 Å². The molecule has 6 heterocycles. The van der Waals surface area contributed by atoms with Crippen molar-refractivity contribution in [1.29, 1.82) is 0 Å². The van der Waals surface area contributed by atoms with Crippen LogP contribution in [0.15, 0.2) is 361 Å². The molecule has 0 bridgehead atoms. The zero-order chi connectivity index (χ0) is 67.4. The molecule has 0 fully saturated rings. The Bertz CT molecular complexity index is 6720. The zero-order valence-corrected chi connectivity index (χ0v) is 56.4. The number of fused-ring (bicyclic) bond motifs is 17. The summed E-state index contributed by atoms with van der Waals surface area (Å²) >= 11 is 1.89. The second-order valence-electron chi connectivity index (χ2n) is 27.4. The SMILES string of the molecule is c1ccc(-c2cc(-c3ccccc3)cc(-c3ccc4oc5cccc(N6c7ccc(-n8c9ccccc9c9ccccc98)cc7B7c8ccccc8N(c8cccc9oc%10ccc(-c%11cc(-c%12ccccc%12)cc(-c%12ccccc%12)c%11)cc%10c89)c8c7c6cc6c8sc7ccccc76)c5c4c3)c2)cc1. The van der Waals surface area contributed by atoms with Crippen LogP contribution in [-0.2, 0) is 0 Å². The molecule has 5 nitrogen and oxygen atoms in total. The van der Waals surface area contributed by atoms with E-state index in [1.54, 1.807) is 0 Å². The number of hydrogen-bond acceptors (Lipinski definition) is 5. The number of aromatic nitrogens is 1. The van der Waals surface area contributed by atoms with Crippen molar-refractivity contribution < 1.29 is 8.83 Å². The molecule has 478 valence electrons. The van der Waals surface area contributed by atoms with Crippen LogP contribution in [0.5, 0.6) is 0 Å². The molecule has 20 aromatic rings. The van der Waals surface area contributed by atoms with E-state index in [9.17, 15) is 0 Å². The lowest BCUT2D eigenvalue weighted by Gasteiger charge is -2.44. The summed E-state index contributed by atoms with van der Waals surface area (Å²) in [6.07, 6.45) is 0. The predicted octanol–water partition coefficient (Wildman–Crippen LogP) is 25.0. The average Bonchev–Trinajstić information content (AvgIpc) is 1.67. The minimum atomic E-state index is -0.212. The molecule has 22 rings (SSSR count). The minimum Gasteiger partial charge on any atom is -0.456 e. The van der Waals surface area contributed by atoms with Crippen molar-refractivity contribution in [2.24, 2.45) is 0 Å². The Morgan fingerprint density at radius 3 is 1.22 bits per heavy atom. The van der Waals surface area contributed by atoms with Gasteiger partial charge in [0.05, 0.1) is 43.6 Å². The molecule has 0 N–H and O–H groups in total. The normalized spacial score (nSPS) is 12.6. The zero-order valence-electron chi connectivity index (χ0n) is 55.6. The van der Waals surface area contributed by atoms with E-state index in [2.05, 4.69) is 366 Å². The fourth-order valence-electron chi connectivity index (χ4n) is 17.2. The Balaban J connectivity index is 0.815. The number of anilines is 6. The fourth-order valence-corrected chi connectivity index (χ4v) is 18.4. The van der Waals surface area contributed by atoms with Gasteiger partial charge < -0.3 is 23.2 Å². The second kappa shape index (κ2) is 22.7. The summed E-state index contributed by atoms with van der Waals surface area (Å²) in [6.45, 7) is -0.212. The van der Waals surface area contributed by atoms with Gasteiger partial charge in [0.25, 0.3) is 6.71 Å². The van der Waals surface area contributed by atoms with Crippen LogP contribution < -0.4 is 26.2 Å². The largest absolute Gasteiger partial charge is 0.456 e. The summed E-state index contributed by atoms with van der Waals surface area (Å²) in [6, 6.07) is 130. The highest BCUT2D eigenvalue weighted by atomic mass is 32.1. The molecule has 7 heteroatoms. The quantitative estimate of drug-likeness (QED) is 0.135. The minimum absolute atomic E-state index is 0.212. The maximum Gasteiger partial charge on any atom is 0.252 e. The Hall–Kier alpha value is -13.2. The number of hydrogen-bond donors (Lipinski definition) is 0. The number of benzene rings is 16. The van der Waals surface area contributed by atoms with Gasteiger partial charge in [-0.25, -0.2) is 0 Å². The van der Waals surface area contributed by atoms with Crippen molar-refractivity contribution in [3.63, 3.8) is 0 Å². The standard InChI is InChI=1S/C96H58BN3O2S/c1-5-23-59(24-6-1)65-49-66(60-25-7-2-8-26-60)52-69(51-65)63-43-47-87-76(55-63)92-84(38-21-40-89(92)101-87)99-83-46-45-71(98-80-35-17-13-31-72(80)73-32-14-18-36-81(73)98)57-79(83)97-78-34-16-19-37-82(78)100(95-94(97)86(99)58-75-74-33-15-20-42-91(74)103-96(75)95)85-39-22-41-90-93(85)77-56-64(44-48-88(77)102-90)70-53-67(61-27-9-3-10-28-61)50-68(54-70)62-29-11-4-12-30-62/h1-58H. The van der Waals surface area contributed by atoms with Crippen molar-refractivity contribution in [3.05, 3.63) is 352 Å². The van der Waals surface area contributed by atoms with Crippen molar-refractivity contribution >= 4 is 154 Å². The Morgan fingerprint density at radius 2 is 0.689 bits per heavy atom. The van der Waals surface area contributed by atoms with Gasteiger partial charge in [-0.1, -0.05) is 218 Å². The molecule has 4 aromatic heterocycles. The summed E-state index contributed by atoms with van der Waals surface area (Å²) in [5, 5.41) is 9.07. The Morgan fingerprint density at radius 1 is 0.252 bits per heavy atom. The second-order valence-corrected chi connectivity index (χ2v) is 28.4. The third kappa shape index (κ3) is 8.93. The molecular formula is C96H58BN3O2S. The van der Waals surface area contributed by atoms with Gasteiger partial charge in [0, 0.05) is 59.8 Å². The van der Waals surface area contributed by atoms with Gasteiger partial charge in [-0.05, 0) is 217 Å². The smallest absolute Gasteiger partial charge is 0.252 e. The maximum absolute atomic E-state index is 7.11. The van der Waals surface area contributed by atoms with E-state index in [1.807, 2.05) is 11.3 Å². The van der Waals surface area contributed by atoms with Gasteiger partial charge in [-0.15, -0.1) is 11.3 Å².